The lowest BCUT2D eigenvalue weighted by atomic mass is 10.0. The minimum absolute atomic E-state index is 0. The number of guanidine groups is 1. The molecule has 5 heteroatoms. The van der Waals surface area contributed by atoms with Gasteiger partial charge in [0.25, 0.3) is 0 Å². The van der Waals surface area contributed by atoms with E-state index in [1.165, 1.54) is 31.2 Å². The van der Waals surface area contributed by atoms with Crippen LogP contribution in [0.3, 0.4) is 0 Å². The summed E-state index contributed by atoms with van der Waals surface area (Å²) in [5.41, 5.74) is 1.84. The van der Waals surface area contributed by atoms with Crippen LogP contribution in [0.4, 0.5) is 0 Å². The van der Waals surface area contributed by atoms with Crippen molar-refractivity contribution in [3.63, 3.8) is 0 Å². The molecule has 1 aromatic rings. The first kappa shape index (κ1) is 20.5. The third-order valence-corrected chi connectivity index (χ3v) is 5.42. The van der Waals surface area contributed by atoms with Gasteiger partial charge in [-0.05, 0) is 55.9 Å². The Hall–Kier alpha value is -0.820. The average molecular weight is 457 g/mol. The quantitative estimate of drug-likeness (QED) is 0.254. The number of nitrogens with zero attached hydrogens (tertiary/aromatic N) is 1. The zero-order valence-electron chi connectivity index (χ0n) is 15.5. The highest BCUT2D eigenvalue weighted by atomic mass is 127. The first-order valence-corrected chi connectivity index (χ1v) is 9.34. The van der Waals surface area contributed by atoms with E-state index in [-0.39, 0.29) is 30.1 Å². The van der Waals surface area contributed by atoms with Gasteiger partial charge in [0, 0.05) is 26.7 Å². The van der Waals surface area contributed by atoms with Crippen molar-refractivity contribution in [2.45, 2.75) is 45.1 Å². The molecule has 140 valence electrons. The second-order valence-corrected chi connectivity index (χ2v) is 7.27. The van der Waals surface area contributed by atoms with Crippen molar-refractivity contribution in [2.75, 3.05) is 26.7 Å². The highest BCUT2D eigenvalue weighted by Gasteiger charge is 2.53. The summed E-state index contributed by atoms with van der Waals surface area (Å²) in [6.45, 7) is 4.83. The van der Waals surface area contributed by atoms with Gasteiger partial charge in [0.15, 0.2) is 5.96 Å². The summed E-state index contributed by atoms with van der Waals surface area (Å²) in [7, 11) is 1.85. The first-order chi connectivity index (χ1) is 11.7. The van der Waals surface area contributed by atoms with E-state index in [1.807, 2.05) is 13.1 Å². The zero-order valence-corrected chi connectivity index (χ0v) is 17.8. The average Bonchev–Trinajstić information content (AvgIpc) is 3.50. The minimum Gasteiger partial charge on any atom is -0.374 e. The molecule has 2 fully saturated rings. The van der Waals surface area contributed by atoms with E-state index < -0.39 is 0 Å². The molecule has 2 aliphatic carbocycles. The SMILES string of the molecule is CN=C(NCCCOC(C)c1ccccc1)NCC1(C2CC2)CC1.I. The summed E-state index contributed by atoms with van der Waals surface area (Å²) in [4.78, 5) is 4.33. The van der Waals surface area contributed by atoms with Crippen molar-refractivity contribution < 1.29 is 4.74 Å². The van der Waals surface area contributed by atoms with Crippen molar-refractivity contribution in [3.8, 4) is 0 Å². The van der Waals surface area contributed by atoms with Gasteiger partial charge in [-0.3, -0.25) is 4.99 Å². The van der Waals surface area contributed by atoms with Crippen molar-refractivity contribution in [3.05, 3.63) is 35.9 Å². The maximum absolute atomic E-state index is 5.91. The Labute approximate surface area is 169 Å². The summed E-state index contributed by atoms with van der Waals surface area (Å²) < 4.78 is 5.91. The van der Waals surface area contributed by atoms with Crippen LogP contribution in [0, 0.1) is 11.3 Å². The van der Waals surface area contributed by atoms with Crippen molar-refractivity contribution in [1.29, 1.82) is 0 Å². The lowest BCUT2D eigenvalue weighted by molar-refractivity contribution is 0.0646. The zero-order chi connectivity index (χ0) is 16.8. The summed E-state index contributed by atoms with van der Waals surface area (Å²) in [5, 5.41) is 6.92. The van der Waals surface area contributed by atoms with Gasteiger partial charge in [0.05, 0.1) is 6.10 Å². The molecule has 1 aromatic carbocycles. The summed E-state index contributed by atoms with van der Waals surface area (Å²) in [5.74, 6) is 1.91. The van der Waals surface area contributed by atoms with E-state index in [0.29, 0.717) is 5.41 Å². The maximum Gasteiger partial charge on any atom is 0.190 e. The standard InChI is InChI=1S/C20H31N3O.HI/c1-16(17-7-4-3-5-8-17)24-14-6-13-22-19(21-2)23-15-20(11-12-20)18-9-10-18;/h3-5,7-8,16,18H,6,9-15H2,1-2H3,(H2,21,22,23);1H. The van der Waals surface area contributed by atoms with Crippen LogP contribution in [-0.2, 0) is 4.74 Å². The Bertz CT molecular complexity index is 541. The highest BCUT2D eigenvalue weighted by Crippen LogP contribution is 2.60. The number of aliphatic imine (C=N–C) groups is 1. The Balaban J connectivity index is 0.00000225. The molecule has 0 spiro atoms. The van der Waals surface area contributed by atoms with Crippen LogP contribution >= 0.6 is 24.0 Å². The third-order valence-electron chi connectivity index (χ3n) is 5.42. The number of rotatable bonds is 9. The number of hydrogen-bond donors (Lipinski definition) is 2. The van der Waals surface area contributed by atoms with E-state index >= 15 is 0 Å². The summed E-state index contributed by atoms with van der Waals surface area (Å²) >= 11 is 0. The van der Waals surface area contributed by atoms with Crippen LogP contribution < -0.4 is 10.6 Å². The van der Waals surface area contributed by atoms with Gasteiger partial charge < -0.3 is 15.4 Å². The number of nitrogens with one attached hydrogen (secondary N) is 2. The van der Waals surface area contributed by atoms with Gasteiger partial charge in [0.2, 0.25) is 0 Å². The van der Waals surface area contributed by atoms with Crippen LogP contribution in [0.5, 0.6) is 0 Å². The lowest BCUT2D eigenvalue weighted by Gasteiger charge is -2.18. The molecule has 1 atom stereocenters. The van der Waals surface area contributed by atoms with Gasteiger partial charge >= 0.3 is 0 Å². The maximum atomic E-state index is 5.91. The van der Waals surface area contributed by atoms with E-state index in [9.17, 15) is 0 Å². The molecule has 0 amide bonds. The molecule has 2 saturated carbocycles. The van der Waals surface area contributed by atoms with E-state index in [1.54, 1.807) is 0 Å². The second kappa shape index (κ2) is 9.76. The molecule has 2 N–H and O–H groups in total. The largest absolute Gasteiger partial charge is 0.374 e. The van der Waals surface area contributed by atoms with E-state index in [4.69, 9.17) is 4.74 Å². The molecular formula is C20H32IN3O. The van der Waals surface area contributed by atoms with Gasteiger partial charge in [-0.2, -0.15) is 0 Å². The monoisotopic (exact) mass is 457 g/mol. The first-order valence-electron chi connectivity index (χ1n) is 9.34. The van der Waals surface area contributed by atoms with Crippen LogP contribution in [-0.4, -0.2) is 32.7 Å². The molecule has 0 bridgehead atoms. The Kier molecular flexibility index (Phi) is 8.00. The minimum atomic E-state index is 0. The molecule has 1 unspecified atom stereocenters. The third kappa shape index (κ3) is 6.13. The Morgan fingerprint density at radius 3 is 2.56 bits per heavy atom. The van der Waals surface area contributed by atoms with E-state index in [2.05, 4.69) is 46.8 Å². The van der Waals surface area contributed by atoms with E-state index in [0.717, 1.165) is 38.0 Å². The van der Waals surface area contributed by atoms with Gasteiger partial charge in [-0.1, -0.05) is 30.3 Å². The van der Waals surface area contributed by atoms with Crippen LogP contribution in [0.15, 0.2) is 35.3 Å². The summed E-state index contributed by atoms with van der Waals surface area (Å²) in [6.07, 6.45) is 6.79. The number of hydrogen-bond acceptors (Lipinski definition) is 2. The normalized spacial score (nSPS) is 19.7. The van der Waals surface area contributed by atoms with Crippen molar-refractivity contribution in [2.24, 2.45) is 16.3 Å². The number of ether oxygens (including phenoxy) is 1. The van der Waals surface area contributed by atoms with Crippen molar-refractivity contribution >= 4 is 29.9 Å². The fourth-order valence-corrected chi connectivity index (χ4v) is 3.43. The molecular weight excluding hydrogens is 425 g/mol. The fraction of sp³-hybridized carbons (Fsp3) is 0.650. The Morgan fingerprint density at radius 2 is 1.96 bits per heavy atom. The Morgan fingerprint density at radius 1 is 1.24 bits per heavy atom. The van der Waals surface area contributed by atoms with Crippen LogP contribution in [0.1, 0.15) is 50.7 Å². The number of halogens is 1. The van der Waals surface area contributed by atoms with Crippen LogP contribution in [0.2, 0.25) is 0 Å². The van der Waals surface area contributed by atoms with Gasteiger partial charge in [0.1, 0.15) is 0 Å². The lowest BCUT2D eigenvalue weighted by Crippen LogP contribution is -2.41. The molecule has 0 radical (unpaired) electrons. The van der Waals surface area contributed by atoms with Gasteiger partial charge in [-0.25, -0.2) is 0 Å². The predicted molar refractivity (Wildman–Crippen MR) is 115 cm³/mol. The van der Waals surface area contributed by atoms with Crippen molar-refractivity contribution in [1.82, 2.24) is 10.6 Å². The molecule has 4 nitrogen and oxygen atoms in total. The predicted octanol–water partition coefficient (Wildman–Crippen LogP) is 4.13. The highest BCUT2D eigenvalue weighted by molar-refractivity contribution is 14.0. The second-order valence-electron chi connectivity index (χ2n) is 7.27. The molecule has 0 saturated heterocycles. The molecule has 3 rings (SSSR count). The molecule has 25 heavy (non-hydrogen) atoms. The molecule has 0 aliphatic heterocycles. The molecule has 0 heterocycles. The molecule has 0 aromatic heterocycles. The topological polar surface area (TPSA) is 45.7 Å². The molecule has 2 aliphatic rings. The fourth-order valence-electron chi connectivity index (χ4n) is 3.43. The smallest absolute Gasteiger partial charge is 0.190 e. The van der Waals surface area contributed by atoms with Crippen LogP contribution in [0.25, 0.3) is 0 Å². The van der Waals surface area contributed by atoms with Gasteiger partial charge in [-0.15, -0.1) is 24.0 Å². The number of benzene rings is 1. The summed E-state index contributed by atoms with van der Waals surface area (Å²) in [6, 6.07) is 10.4.